The third-order valence-electron chi connectivity index (χ3n) is 0. The Balaban J connectivity index is 0. The second-order valence-electron chi connectivity index (χ2n) is 0. The van der Waals surface area contributed by atoms with Gasteiger partial charge in [0.2, 0.25) is 0 Å². The molecule has 0 nitrogen and oxygen atoms in total. The van der Waals surface area contributed by atoms with E-state index >= 15 is 0 Å². The molecule has 0 aromatic heterocycles. The SMILES string of the molecule is S.S.S.[Na].[Na]. The second kappa shape index (κ2) is 27.7. The fraction of sp³-hybridized carbons (Fsp3) is 0. The molecular weight excluding hydrogens is 142 g/mol. The van der Waals surface area contributed by atoms with Gasteiger partial charge in [0.15, 0.2) is 0 Å². The summed E-state index contributed by atoms with van der Waals surface area (Å²) in [6.45, 7) is 0. The molecule has 0 fully saturated rings. The Hall–Kier alpha value is 3.05. The van der Waals surface area contributed by atoms with Crippen LogP contribution < -0.4 is 0 Å². The normalized spacial score (nSPS) is 0. The Bertz CT molecular complexity index is 4.85. The zero-order valence-electron chi connectivity index (χ0n) is 3.50. The maximum absolute atomic E-state index is 0. The Morgan fingerprint density at radius 3 is 0.400 bits per heavy atom. The van der Waals surface area contributed by atoms with Crippen LogP contribution in [0, 0.1) is 0 Å². The van der Waals surface area contributed by atoms with Gasteiger partial charge in [0, 0.05) is 59.1 Å². The van der Waals surface area contributed by atoms with Gasteiger partial charge in [0.25, 0.3) is 0 Å². The minimum atomic E-state index is 0. The van der Waals surface area contributed by atoms with Gasteiger partial charge < -0.3 is 0 Å². The Kier molecular flexibility index (Phi) is 239. The van der Waals surface area contributed by atoms with Crippen molar-refractivity contribution < 1.29 is 0 Å². The first kappa shape index (κ1) is 43.0. The monoisotopic (exact) mass is 148 g/mol. The fourth-order valence-electron chi connectivity index (χ4n) is 0. The van der Waals surface area contributed by atoms with Crippen molar-refractivity contribution in [2.24, 2.45) is 0 Å². The second-order valence-corrected chi connectivity index (χ2v) is 0. The van der Waals surface area contributed by atoms with E-state index in [1.165, 1.54) is 0 Å². The van der Waals surface area contributed by atoms with Gasteiger partial charge in [-0.15, -0.1) is 0 Å². The number of hydrogen-bond donors (Lipinski definition) is 0. The molecule has 0 spiro atoms. The molecule has 0 amide bonds. The zero-order chi connectivity index (χ0) is 0. The largest absolute Gasteiger partial charge is 0.197 e. The van der Waals surface area contributed by atoms with Crippen molar-refractivity contribution >= 4 is 99.6 Å². The standard InChI is InChI=1S/2Na.3H2S/h;;3*1H2. The average molecular weight is 148 g/mol. The molecule has 0 aliphatic carbocycles. The van der Waals surface area contributed by atoms with Crippen molar-refractivity contribution in [3.63, 3.8) is 0 Å². The van der Waals surface area contributed by atoms with E-state index in [2.05, 4.69) is 0 Å². The molecule has 0 unspecified atom stereocenters. The van der Waals surface area contributed by atoms with Crippen LogP contribution in [0.2, 0.25) is 0 Å². The van der Waals surface area contributed by atoms with Crippen LogP contribution in [0.5, 0.6) is 0 Å². The summed E-state index contributed by atoms with van der Waals surface area (Å²) in [4.78, 5) is 0. The van der Waals surface area contributed by atoms with E-state index in [1.54, 1.807) is 0 Å². The van der Waals surface area contributed by atoms with Gasteiger partial charge >= 0.3 is 0 Å². The van der Waals surface area contributed by atoms with E-state index in [0.29, 0.717) is 0 Å². The van der Waals surface area contributed by atoms with E-state index in [1.807, 2.05) is 0 Å². The first-order valence-electron chi connectivity index (χ1n) is 0. The third-order valence-corrected chi connectivity index (χ3v) is 0. The van der Waals surface area contributed by atoms with Gasteiger partial charge in [-0.1, -0.05) is 0 Å². The molecule has 0 aliphatic heterocycles. The molecule has 2 radical (unpaired) electrons. The Labute approximate surface area is 97.8 Å². The summed E-state index contributed by atoms with van der Waals surface area (Å²) < 4.78 is 0. The van der Waals surface area contributed by atoms with Crippen LogP contribution in [-0.4, -0.2) is 59.1 Å². The summed E-state index contributed by atoms with van der Waals surface area (Å²) in [5.41, 5.74) is 0. The summed E-state index contributed by atoms with van der Waals surface area (Å²) in [7, 11) is 0. The molecule has 26 valence electrons. The predicted octanol–water partition coefficient (Wildman–Crippen LogP) is -0.423. The molecule has 0 aromatic carbocycles. The molecule has 0 aliphatic rings. The maximum atomic E-state index is 0. The van der Waals surface area contributed by atoms with E-state index in [0.717, 1.165) is 0 Å². The predicted molar refractivity (Wildman–Crippen MR) is 42.7 cm³/mol. The first-order valence-corrected chi connectivity index (χ1v) is 0. The number of hydrogen-bond acceptors (Lipinski definition) is 0. The molecular formula is H6Na2S3. The molecule has 0 atom stereocenters. The van der Waals surface area contributed by atoms with Gasteiger partial charge in [-0.2, -0.15) is 40.5 Å². The maximum Gasteiger partial charge on any atom is 0 e. The molecule has 5 heteroatoms. The molecule has 0 N–H and O–H groups in total. The molecule has 0 rings (SSSR count). The van der Waals surface area contributed by atoms with Crippen molar-refractivity contribution in [3.05, 3.63) is 0 Å². The van der Waals surface area contributed by atoms with Crippen molar-refractivity contribution in [2.45, 2.75) is 0 Å². The summed E-state index contributed by atoms with van der Waals surface area (Å²) in [5, 5.41) is 0. The van der Waals surface area contributed by atoms with E-state index in [9.17, 15) is 0 Å². The van der Waals surface area contributed by atoms with Crippen molar-refractivity contribution in [2.75, 3.05) is 0 Å². The summed E-state index contributed by atoms with van der Waals surface area (Å²) in [6.07, 6.45) is 0. The van der Waals surface area contributed by atoms with Crippen LogP contribution >= 0.6 is 40.5 Å². The van der Waals surface area contributed by atoms with Crippen LogP contribution in [0.1, 0.15) is 0 Å². The van der Waals surface area contributed by atoms with Crippen molar-refractivity contribution in [1.82, 2.24) is 0 Å². The van der Waals surface area contributed by atoms with Gasteiger partial charge in [0.05, 0.1) is 0 Å². The third kappa shape index (κ3) is 19.3. The van der Waals surface area contributed by atoms with E-state index in [4.69, 9.17) is 0 Å². The van der Waals surface area contributed by atoms with Gasteiger partial charge in [-0.3, -0.25) is 0 Å². The van der Waals surface area contributed by atoms with Crippen molar-refractivity contribution in [1.29, 1.82) is 0 Å². The fourth-order valence-corrected chi connectivity index (χ4v) is 0. The first-order chi connectivity index (χ1) is 0. The molecule has 0 heterocycles. The van der Waals surface area contributed by atoms with Crippen LogP contribution in [0.15, 0.2) is 0 Å². The van der Waals surface area contributed by atoms with Crippen LogP contribution in [0.25, 0.3) is 0 Å². The molecule has 0 bridgehead atoms. The van der Waals surface area contributed by atoms with Gasteiger partial charge in [-0.25, -0.2) is 0 Å². The molecule has 0 aromatic rings. The van der Waals surface area contributed by atoms with E-state index in [-0.39, 0.29) is 99.6 Å². The molecule has 5 heavy (non-hydrogen) atoms. The van der Waals surface area contributed by atoms with E-state index < -0.39 is 0 Å². The molecule has 0 saturated carbocycles. The van der Waals surface area contributed by atoms with Crippen LogP contribution in [-0.2, 0) is 0 Å². The Morgan fingerprint density at radius 1 is 0.400 bits per heavy atom. The van der Waals surface area contributed by atoms with Crippen LogP contribution in [0.3, 0.4) is 0 Å². The number of rotatable bonds is 0. The summed E-state index contributed by atoms with van der Waals surface area (Å²) >= 11 is 0. The van der Waals surface area contributed by atoms with Gasteiger partial charge in [-0.05, 0) is 0 Å². The van der Waals surface area contributed by atoms with Gasteiger partial charge in [0.1, 0.15) is 0 Å². The topological polar surface area (TPSA) is 0 Å². The minimum absolute atomic E-state index is 0. The smallest absolute Gasteiger partial charge is 0 e. The quantitative estimate of drug-likeness (QED) is 0.409. The minimum Gasteiger partial charge on any atom is -0.197 e. The average Bonchev–Trinajstić information content (AvgIpc) is 0. The molecule has 0 saturated heterocycles. The summed E-state index contributed by atoms with van der Waals surface area (Å²) in [6, 6.07) is 0. The summed E-state index contributed by atoms with van der Waals surface area (Å²) in [5.74, 6) is 0. The van der Waals surface area contributed by atoms with Crippen LogP contribution in [0.4, 0.5) is 0 Å². The van der Waals surface area contributed by atoms with Crippen molar-refractivity contribution in [3.8, 4) is 0 Å². The zero-order valence-corrected chi connectivity index (χ0v) is 10.5. The Morgan fingerprint density at radius 2 is 0.400 bits per heavy atom.